The minimum absolute atomic E-state index is 0.0228. The van der Waals surface area contributed by atoms with Gasteiger partial charge >= 0.3 is 0 Å². The molecule has 1 aromatic carbocycles. The molecule has 0 saturated carbocycles. The Morgan fingerprint density at radius 2 is 2.13 bits per heavy atom. The van der Waals surface area contributed by atoms with Crippen molar-refractivity contribution >= 4 is 28.3 Å². The lowest BCUT2D eigenvalue weighted by Gasteiger charge is -2.11. The van der Waals surface area contributed by atoms with E-state index in [9.17, 15) is 9.59 Å². The van der Waals surface area contributed by atoms with Crippen molar-refractivity contribution in [1.29, 1.82) is 0 Å². The Balaban J connectivity index is 1.65. The third-order valence-electron chi connectivity index (χ3n) is 3.61. The van der Waals surface area contributed by atoms with Gasteiger partial charge in [0.15, 0.2) is 0 Å². The van der Waals surface area contributed by atoms with E-state index >= 15 is 0 Å². The first-order chi connectivity index (χ1) is 11.1. The largest absolute Gasteiger partial charge is 0.349 e. The van der Waals surface area contributed by atoms with Gasteiger partial charge in [-0.3, -0.25) is 9.59 Å². The summed E-state index contributed by atoms with van der Waals surface area (Å²) in [5, 5.41) is 4.92. The van der Waals surface area contributed by atoms with Crippen molar-refractivity contribution in [2.45, 2.75) is 25.8 Å². The van der Waals surface area contributed by atoms with Crippen molar-refractivity contribution in [3.63, 3.8) is 0 Å². The number of aryl methyl sites for hydroxylation is 1. The fraction of sp³-hybridized carbons (Fsp3) is 0.235. The zero-order valence-electron chi connectivity index (χ0n) is 12.7. The number of benzene rings is 1. The van der Waals surface area contributed by atoms with E-state index in [1.54, 1.807) is 11.3 Å². The molecule has 2 heterocycles. The Labute approximate surface area is 137 Å². The number of hydrogen-bond acceptors (Lipinski definition) is 4. The van der Waals surface area contributed by atoms with Gasteiger partial charge in [-0.25, -0.2) is 4.98 Å². The van der Waals surface area contributed by atoms with E-state index in [-0.39, 0.29) is 23.9 Å². The van der Waals surface area contributed by atoms with Gasteiger partial charge in [-0.15, -0.1) is 11.3 Å². The smallest absolute Gasteiger partial charge is 0.270 e. The van der Waals surface area contributed by atoms with Crippen molar-refractivity contribution in [1.82, 2.24) is 15.3 Å². The molecule has 0 saturated heterocycles. The van der Waals surface area contributed by atoms with E-state index in [0.29, 0.717) is 17.6 Å². The molecule has 0 aliphatic carbocycles. The fourth-order valence-electron chi connectivity index (χ4n) is 2.39. The maximum atomic E-state index is 12.1. The minimum atomic E-state index is -0.234. The molecular formula is C17H17N3O2S. The molecular weight excluding hydrogens is 310 g/mol. The summed E-state index contributed by atoms with van der Waals surface area (Å²) in [4.78, 5) is 32.3. The summed E-state index contributed by atoms with van der Waals surface area (Å²) in [7, 11) is 0. The molecule has 0 fully saturated rings. The summed E-state index contributed by atoms with van der Waals surface area (Å²) in [5.41, 5.74) is 1.59. The first-order valence-corrected chi connectivity index (χ1v) is 8.32. The zero-order chi connectivity index (χ0) is 16.2. The third kappa shape index (κ3) is 3.65. The second kappa shape index (κ2) is 6.75. The summed E-state index contributed by atoms with van der Waals surface area (Å²) in [6.07, 6.45) is 0.563. The van der Waals surface area contributed by atoms with Crippen LogP contribution in [0.5, 0.6) is 0 Å². The molecule has 2 aromatic heterocycles. The van der Waals surface area contributed by atoms with Gasteiger partial charge < -0.3 is 10.3 Å². The van der Waals surface area contributed by atoms with Crippen LogP contribution >= 0.6 is 11.3 Å². The zero-order valence-corrected chi connectivity index (χ0v) is 13.5. The van der Waals surface area contributed by atoms with Gasteiger partial charge in [-0.2, -0.15) is 0 Å². The fourth-order valence-corrected chi connectivity index (χ4v) is 3.13. The highest BCUT2D eigenvalue weighted by atomic mass is 32.1. The molecule has 0 aliphatic heterocycles. The Kier molecular flexibility index (Phi) is 4.52. The molecule has 2 N–H and O–H groups in total. The van der Waals surface area contributed by atoms with Crippen LogP contribution in [0.25, 0.3) is 11.0 Å². The summed E-state index contributed by atoms with van der Waals surface area (Å²) in [5.74, 6) is -0.0831. The number of amides is 1. The predicted octanol–water partition coefficient (Wildman–Crippen LogP) is 2.79. The van der Waals surface area contributed by atoms with Crippen LogP contribution in [-0.4, -0.2) is 15.9 Å². The average Bonchev–Trinajstić information content (AvgIpc) is 3.07. The van der Waals surface area contributed by atoms with Gasteiger partial charge in [0, 0.05) is 17.7 Å². The number of para-hydroxylation sites is 2. The maximum Gasteiger partial charge on any atom is 0.270 e. The van der Waals surface area contributed by atoms with E-state index in [1.165, 1.54) is 0 Å². The number of H-pyrrole nitrogens is 1. The van der Waals surface area contributed by atoms with Crippen LogP contribution < -0.4 is 10.9 Å². The van der Waals surface area contributed by atoms with Gasteiger partial charge in [0.2, 0.25) is 5.91 Å². The molecule has 118 valence electrons. The summed E-state index contributed by atoms with van der Waals surface area (Å²) in [6.45, 7) is 1.95. The lowest BCUT2D eigenvalue weighted by atomic mass is 10.2. The molecule has 3 aromatic rings. The van der Waals surface area contributed by atoms with Gasteiger partial charge in [-0.05, 0) is 30.5 Å². The molecule has 23 heavy (non-hydrogen) atoms. The lowest BCUT2D eigenvalue weighted by Crippen LogP contribution is -2.27. The Bertz CT molecular complexity index is 871. The number of rotatable bonds is 5. The van der Waals surface area contributed by atoms with Crippen molar-refractivity contribution in [2.75, 3.05) is 0 Å². The molecule has 5 nitrogen and oxygen atoms in total. The normalized spacial score (nSPS) is 12.2. The number of thiophene rings is 1. The number of hydrogen-bond donors (Lipinski definition) is 2. The molecule has 1 amide bonds. The second-order valence-electron chi connectivity index (χ2n) is 5.33. The van der Waals surface area contributed by atoms with Crippen LogP contribution in [0.4, 0.5) is 0 Å². The molecule has 0 radical (unpaired) electrons. The number of carbonyl (C=O) groups excluding carboxylic acids is 1. The number of aromatic nitrogens is 2. The maximum absolute atomic E-state index is 12.1. The van der Waals surface area contributed by atoms with Gasteiger partial charge in [0.1, 0.15) is 5.69 Å². The van der Waals surface area contributed by atoms with Crippen molar-refractivity contribution in [3.8, 4) is 0 Å². The molecule has 6 heteroatoms. The molecule has 0 bridgehead atoms. The van der Waals surface area contributed by atoms with Crippen LogP contribution in [0, 0.1) is 0 Å². The second-order valence-corrected chi connectivity index (χ2v) is 6.31. The Hall–Kier alpha value is -2.47. The van der Waals surface area contributed by atoms with Crippen molar-refractivity contribution < 1.29 is 4.79 Å². The van der Waals surface area contributed by atoms with Crippen molar-refractivity contribution in [3.05, 3.63) is 62.7 Å². The number of carbonyl (C=O) groups is 1. The standard InChI is InChI=1S/C17H17N3O2S/c1-11(15-7-4-10-23-15)18-16(21)9-8-14-17(22)20-13-6-3-2-5-12(13)19-14/h2-7,10-11H,8-9H2,1H3,(H,18,21)(H,20,22). The Morgan fingerprint density at radius 3 is 2.91 bits per heavy atom. The van der Waals surface area contributed by atoms with Crippen LogP contribution in [0.3, 0.4) is 0 Å². The molecule has 3 rings (SSSR count). The van der Waals surface area contributed by atoms with E-state index in [2.05, 4.69) is 15.3 Å². The minimum Gasteiger partial charge on any atom is -0.349 e. The average molecular weight is 327 g/mol. The summed E-state index contributed by atoms with van der Waals surface area (Å²) >= 11 is 1.61. The van der Waals surface area contributed by atoms with E-state index in [0.717, 1.165) is 10.4 Å². The van der Waals surface area contributed by atoms with Crippen molar-refractivity contribution in [2.24, 2.45) is 0 Å². The highest BCUT2D eigenvalue weighted by Gasteiger charge is 2.12. The first-order valence-electron chi connectivity index (χ1n) is 7.44. The molecule has 1 unspecified atom stereocenters. The number of nitrogens with one attached hydrogen (secondary N) is 2. The van der Waals surface area contributed by atoms with E-state index in [4.69, 9.17) is 0 Å². The predicted molar refractivity (Wildman–Crippen MR) is 91.6 cm³/mol. The number of aromatic amines is 1. The molecule has 1 atom stereocenters. The van der Waals surface area contributed by atoms with E-state index < -0.39 is 0 Å². The molecule has 0 aliphatic rings. The summed E-state index contributed by atoms with van der Waals surface area (Å²) in [6, 6.07) is 11.3. The van der Waals surface area contributed by atoms with Crippen LogP contribution in [0.2, 0.25) is 0 Å². The third-order valence-corrected chi connectivity index (χ3v) is 4.66. The number of nitrogens with zero attached hydrogens (tertiary/aromatic N) is 1. The Morgan fingerprint density at radius 1 is 1.30 bits per heavy atom. The van der Waals surface area contributed by atoms with Gasteiger partial charge in [0.05, 0.1) is 17.1 Å². The quantitative estimate of drug-likeness (QED) is 0.756. The highest BCUT2D eigenvalue weighted by molar-refractivity contribution is 7.10. The summed E-state index contributed by atoms with van der Waals surface area (Å²) < 4.78 is 0. The van der Waals surface area contributed by atoms with E-state index in [1.807, 2.05) is 48.7 Å². The highest BCUT2D eigenvalue weighted by Crippen LogP contribution is 2.18. The molecule has 0 spiro atoms. The van der Waals surface area contributed by atoms with Gasteiger partial charge in [-0.1, -0.05) is 18.2 Å². The van der Waals surface area contributed by atoms with Gasteiger partial charge in [0.25, 0.3) is 5.56 Å². The van der Waals surface area contributed by atoms with Crippen LogP contribution in [0.1, 0.15) is 30.0 Å². The first kappa shape index (κ1) is 15.4. The SMILES string of the molecule is CC(NC(=O)CCc1nc2ccccc2[nH]c1=O)c1cccs1. The monoisotopic (exact) mass is 327 g/mol. The topological polar surface area (TPSA) is 74.8 Å². The lowest BCUT2D eigenvalue weighted by molar-refractivity contribution is -0.121. The van der Waals surface area contributed by atoms with Crippen LogP contribution in [-0.2, 0) is 11.2 Å². The number of fused-ring (bicyclic) bond motifs is 1. The van der Waals surface area contributed by atoms with Crippen LogP contribution in [0.15, 0.2) is 46.6 Å².